The molecule has 1 heterocycles. The number of rotatable bonds is 3. The number of thiophene rings is 1. The summed E-state index contributed by atoms with van der Waals surface area (Å²) in [5, 5.41) is 10.1. The van der Waals surface area contributed by atoms with Crippen molar-refractivity contribution in [1.29, 1.82) is 0 Å². The molecule has 2 rings (SSSR count). The van der Waals surface area contributed by atoms with Gasteiger partial charge in [0, 0.05) is 16.2 Å². The summed E-state index contributed by atoms with van der Waals surface area (Å²) in [6, 6.07) is 12.3. The molecule has 84 valence electrons. The van der Waals surface area contributed by atoms with Gasteiger partial charge in [0.05, 0.1) is 6.10 Å². The van der Waals surface area contributed by atoms with Crippen LogP contribution in [0.1, 0.15) is 27.0 Å². The lowest BCUT2D eigenvalue weighted by molar-refractivity contribution is 0.182. The van der Waals surface area contributed by atoms with E-state index in [1.54, 1.807) is 11.3 Å². The topological polar surface area (TPSA) is 20.2 Å². The van der Waals surface area contributed by atoms with Gasteiger partial charge >= 0.3 is 0 Å². The zero-order valence-corrected chi connectivity index (χ0v) is 10.4. The van der Waals surface area contributed by atoms with Gasteiger partial charge < -0.3 is 5.11 Å². The van der Waals surface area contributed by atoms with Gasteiger partial charge in [0.15, 0.2) is 0 Å². The molecule has 0 saturated carbocycles. The first-order valence-corrected chi connectivity index (χ1v) is 6.27. The Morgan fingerprint density at radius 2 is 1.88 bits per heavy atom. The maximum absolute atomic E-state index is 10.1. The molecule has 0 aliphatic heterocycles. The molecule has 0 spiro atoms. The number of hydrogen-bond acceptors (Lipinski definition) is 2. The van der Waals surface area contributed by atoms with Gasteiger partial charge in [-0.05, 0) is 37.1 Å². The van der Waals surface area contributed by atoms with Crippen molar-refractivity contribution >= 4 is 11.3 Å². The van der Waals surface area contributed by atoms with Gasteiger partial charge in [0.2, 0.25) is 0 Å². The van der Waals surface area contributed by atoms with E-state index in [4.69, 9.17) is 0 Å². The summed E-state index contributed by atoms with van der Waals surface area (Å²) in [7, 11) is 0. The first-order chi connectivity index (χ1) is 7.66. The largest absolute Gasteiger partial charge is 0.387 e. The van der Waals surface area contributed by atoms with Crippen molar-refractivity contribution < 1.29 is 5.11 Å². The fourth-order valence-electron chi connectivity index (χ4n) is 1.78. The van der Waals surface area contributed by atoms with Gasteiger partial charge in [0.25, 0.3) is 0 Å². The second-order valence-electron chi connectivity index (χ2n) is 4.09. The molecule has 16 heavy (non-hydrogen) atoms. The third-order valence-electron chi connectivity index (χ3n) is 2.76. The van der Waals surface area contributed by atoms with E-state index in [9.17, 15) is 5.11 Å². The third-order valence-corrected chi connectivity index (χ3v) is 3.87. The van der Waals surface area contributed by atoms with Crippen molar-refractivity contribution in [2.24, 2.45) is 0 Å². The molecule has 0 aliphatic rings. The van der Waals surface area contributed by atoms with Gasteiger partial charge in [-0.3, -0.25) is 0 Å². The summed E-state index contributed by atoms with van der Waals surface area (Å²) >= 11 is 1.67. The molecule has 0 radical (unpaired) electrons. The van der Waals surface area contributed by atoms with Crippen LogP contribution in [0.5, 0.6) is 0 Å². The van der Waals surface area contributed by atoms with Crippen molar-refractivity contribution in [3.05, 3.63) is 57.3 Å². The Labute approximate surface area is 100 Å². The Morgan fingerprint density at radius 1 is 1.12 bits per heavy atom. The molecule has 2 heteroatoms. The van der Waals surface area contributed by atoms with Gasteiger partial charge in [-0.1, -0.05) is 24.3 Å². The summed E-state index contributed by atoms with van der Waals surface area (Å²) in [5.74, 6) is 0. The average Bonchev–Trinajstić information content (AvgIpc) is 2.68. The highest BCUT2D eigenvalue weighted by Crippen LogP contribution is 2.26. The standard InChI is InChI=1S/C14H16OS/c1-10-5-3-4-6-12(10)9-13(15)14-8-7-11(2)16-14/h3-8,13,15H,9H2,1-2H3. The Hall–Kier alpha value is -1.12. The minimum absolute atomic E-state index is 0.375. The second-order valence-corrected chi connectivity index (χ2v) is 5.41. The van der Waals surface area contributed by atoms with Crippen LogP contribution in [0.25, 0.3) is 0 Å². The lowest BCUT2D eigenvalue weighted by atomic mass is 10.0. The number of aliphatic hydroxyl groups is 1. The molecule has 0 aliphatic carbocycles. The second kappa shape index (κ2) is 4.81. The molecule has 1 atom stereocenters. The van der Waals surface area contributed by atoms with Crippen LogP contribution in [0, 0.1) is 13.8 Å². The summed E-state index contributed by atoms with van der Waals surface area (Å²) in [6.45, 7) is 4.15. The van der Waals surface area contributed by atoms with Crippen LogP contribution < -0.4 is 0 Å². The first-order valence-electron chi connectivity index (χ1n) is 5.45. The van der Waals surface area contributed by atoms with E-state index in [2.05, 4.69) is 32.0 Å². The maximum atomic E-state index is 10.1. The van der Waals surface area contributed by atoms with Crippen molar-refractivity contribution in [3.63, 3.8) is 0 Å². The van der Waals surface area contributed by atoms with E-state index in [-0.39, 0.29) is 6.10 Å². The third kappa shape index (κ3) is 2.52. The molecule has 1 unspecified atom stereocenters. The fraction of sp³-hybridized carbons (Fsp3) is 0.286. The van der Waals surface area contributed by atoms with Crippen molar-refractivity contribution in [2.45, 2.75) is 26.4 Å². The van der Waals surface area contributed by atoms with Crippen LogP contribution in [0.3, 0.4) is 0 Å². The van der Waals surface area contributed by atoms with Crippen LogP contribution >= 0.6 is 11.3 Å². The van der Waals surface area contributed by atoms with Crippen molar-refractivity contribution in [1.82, 2.24) is 0 Å². The Morgan fingerprint density at radius 3 is 2.50 bits per heavy atom. The molecule has 0 fully saturated rings. The molecule has 1 N–H and O–H groups in total. The molecular formula is C14H16OS. The summed E-state index contributed by atoms with van der Waals surface area (Å²) < 4.78 is 0. The quantitative estimate of drug-likeness (QED) is 0.856. The first kappa shape index (κ1) is 11.4. The highest BCUT2D eigenvalue weighted by atomic mass is 32.1. The number of benzene rings is 1. The van der Waals surface area contributed by atoms with Crippen LogP contribution in [-0.2, 0) is 6.42 Å². The van der Waals surface area contributed by atoms with Crippen LogP contribution in [0.15, 0.2) is 36.4 Å². The van der Waals surface area contributed by atoms with Gasteiger partial charge in [-0.15, -0.1) is 11.3 Å². The number of aryl methyl sites for hydroxylation is 2. The van der Waals surface area contributed by atoms with E-state index in [1.165, 1.54) is 16.0 Å². The van der Waals surface area contributed by atoms with E-state index in [0.29, 0.717) is 6.42 Å². The minimum atomic E-state index is -0.375. The van der Waals surface area contributed by atoms with E-state index >= 15 is 0 Å². The molecule has 1 aromatic carbocycles. The van der Waals surface area contributed by atoms with E-state index in [0.717, 1.165) is 4.88 Å². The van der Waals surface area contributed by atoms with Crippen LogP contribution in [0.4, 0.5) is 0 Å². The molecule has 0 saturated heterocycles. The summed E-state index contributed by atoms with van der Waals surface area (Å²) in [5.41, 5.74) is 2.47. The van der Waals surface area contributed by atoms with Gasteiger partial charge in [0.1, 0.15) is 0 Å². The summed E-state index contributed by atoms with van der Waals surface area (Å²) in [6.07, 6.45) is 0.326. The summed E-state index contributed by atoms with van der Waals surface area (Å²) in [4.78, 5) is 2.31. The minimum Gasteiger partial charge on any atom is -0.387 e. The fourth-order valence-corrected chi connectivity index (χ4v) is 2.64. The maximum Gasteiger partial charge on any atom is 0.0922 e. The van der Waals surface area contributed by atoms with Gasteiger partial charge in [-0.2, -0.15) is 0 Å². The zero-order valence-electron chi connectivity index (χ0n) is 9.60. The highest BCUT2D eigenvalue weighted by Gasteiger charge is 2.11. The smallest absolute Gasteiger partial charge is 0.0922 e. The molecule has 1 nitrogen and oxygen atoms in total. The monoisotopic (exact) mass is 232 g/mol. The predicted octanol–water partition coefficient (Wildman–Crippen LogP) is 3.64. The van der Waals surface area contributed by atoms with E-state index in [1.807, 2.05) is 18.2 Å². The zero-order chi connectivity index (χ0) is 11.5. The SMILES string of the molecule is Cc1ccc(C(O)Cc2ccccc2C)s1. The number of hydrogen-bond donors (Lipinski definition) is 1. The predicted molar refractivity (Wildman–Crippen MR) is 68.9 cm³/mol. The van der Waals surface area contributed by atoms with E-state index < -0.39 is 0 Å². The Bertz CT molecular complexity index is 473. The normalized spacial score (nSPS) is 12.7. The molecular weight excluding hydrogens is 216 g/mol. The molecule has 0 bridgehead atoms. The van der Waals surface area contributed by atoms with Crippen molar-refractivity contribution in [3.8, 4) is 0 Å². The van der Waals surface area contributed by atoms with Gasteiger partial charge in [-0.25, -0.2) is 0 Å². The van der Waals surface area contributed by atoms with Crippen molar-refractivity contribution in [2.75, 3.05) is 0 Å². The average molecular weight is 232 g/mol. The molecule has 2 aromatic rings. The van der Waals surface area contributed by atoms with Crippen LogP contribution in [-0.4, -0.2) is 5.11 Å². The molecule has 0 amide bonds. The highest BCUT2D eigenvalue weighted by molar-refractivity contribution is 7.12. The number of aliphatic hydroxyl groups excluding tert-OH is 1. The lowest BCUT2D eigenvalue weighted by Gasteiger charge is -2.10. The molecule has 1 aromatic heterocycles. The Kier molecular flexibility index (Phi) is 3.42. The lowest BCUT2D eigenvalue weighted by Crippen LogP contribution is -2.00. The Balaban J connectivity index is 2.13. The van der Waals surface area contributed by atoms with Crippen LogP contribution in [0.2, 0.25) is 0 Å².